The molecule has 0 bridgehead atoms. The maximum absolute atomic E-state index is 12.1. The zero-order valence-corrected chi connectivity index (χ0v) is 18.4. The van der Waals surface area contributed by atoms with Gasteiger partial charge in [-0.2, -0.15) is 0 Å². The van der Waals surface area contributed by atoms with Crippen molar-refractivity contribution in [1.29, 1.82) is 0 Å². The van der Waals surface area contributed by atoms with Crippen LogP contribution in [0.15, 0.2) is 41.0 Å². The quantitative estimate of drug-likeness (QED) is 0.261. The summed E-state index contributed by atoms with van der Waals surface area (Å²) in [6.07, 6.45) is 13.6. The summed E-state index contributed by atoms with van der Waals surface area (Å²) in [6, 6.07) is 3.87. The number of esters is 1. The monoisotopic (exact) mass is 386 g/mol. The van der Waals surface area contributed by atoms with Crippen LogP contribution in [0.25, 0.3) is 6.08 Å². The van der Waals surface area contributed by atoms with Gasteiger partial charge in [0.25, 0.3) is 0 Å². The molecule has 1 heterocycles. The number of ether oxygens (including phenoxy) is 1. The third-order valence-electron chi connectivity index (χ3n) is 5.23. The zero-order valence-electron chi connectivity index (χ0n) is 17.6. The van der Waals surface area contributed by atoms with Crippen LogP contribution in [0.4, 0.5) is 0 Å². The first kappa shape index (κ1) is 21.7. The molecule has 148 valence electrons. The second kappa shape index (κ2) is 10.1. The topological polar surface area (TPSA) is 26.3 Å². The Kier molecular flexibility index (Phi) is 8.09. The van der Waals surface area contributed by atoms with E-state index in [0.29, 0.717) is 11.5 Å². The van der Waals surface area contributed by atoms with Crippen molar-refractivity contribution in [3.8, 4) is 0 Å². The summed E-state index contributed by atoms with van der Waals surface area (Å²) in [4.78, 5) is 13.9. The van der Waals surface area contributed by atoms with E-state index >= 15 is 0 Å². The second-order valence-corrected chi connectivity index (χ2v) is 9.31. The predicted octanol–water partition coefficient (Wildman–Crippen LogP) is 7.58. The molecule has 0 aliphatic heterocycles. The molecule has 1 aliphatic rings. The Morgan fingerprint density at radius 1 is 1.30 bits per heavy atom. The van der Waals surface area contributed by atoms with Gasteiger partial charge in [0.2, 0.25) is 0 Å². The van der Waals surface area contributed by atoms with Gasteiger partial charge in [0, 0.05) is 4.88 Å². The molecule has 0 saturated heterocycles. The van der Waals surface area contributed by atoms with Gasteiger partial charge in [0.1, 0.15) is 4.88 Å². The Morgan fingerprint density at radius 2 is 2.07 bits per heavy atom. The van der Waals surface area contributed by atoms with E-state index in [0.717, 1.165) is 24.1 Å². The third kappa shape index (κ3) is 6.49. The van der Waals surface area contributed by atoms with Crippen molar-refractivity contribution in [2.24, 2.45) is 5.41 Å². The lowest BCUT2D eigenvalue weighted by molar-refractivity contribution is 0.0504. The van der Waals surface area contributed by atoms with E-state index in [9.17, 15) is 4.79 Å². The number of carbonyl (C=O) groups is 1. The number of thiophene rings is 1. The number of hydrogen-bond donors (Lipinski definition) is 0. The molecule has 3 heteroatoms. The van der Waals surface area contributed by atoms with Crippen molar-refractivity contribution >= 4 is 23.4 Å². The minimum atomic E-state index is -0.200. The summed E-state index contributed by atoms with van der Waals surface area (Å²) >= 11 is 1.50. The van der Waals surface area contributed by atoms with Gasteiger partial charge in [-0.3, -0.25) is 0 Å². The van der Waals surface area contributed by atoms with Gasteiger partial charge in [-0.05, 0) is 74.3 Å². The number of rotatable bonds is 8. The summed E-state index contributed by atoms with van der Waals surface area (Å²) in [5.74, 6) is -0.200. The molecule has 1 aliphatic carbocycles. The highest BCUT2D eigenvalue weighted by molar-refractivity contribution is 7.14. The van der Waals surface area contributed by atoms with E-state index in [1.54, 1.807) is 0 Å². The molecule has 0 saturated carbocycles. The Morgan fingerprint density at radius 3 is 2.78 bits per heavy atom. The summed E-state index contributed by atoms with van der Waals surface area (Å²) in [6.45, 7) is 11.7. The lowest BCUT2D eigenvalue weighted by Gasteiger charge is -2.32. The molecule has 27 heavy (non-hydrogen) atoms. The van der Waals surface area contributed by atoms with Crippen LogP contribution < -0.4 is 0 Å². The van der Waals surface area contributed by atoms with Crippen LogP contribution >= 0.6 is 11.3 Å². The largest absolute Gasteiger partial charge is 0.462 e. The average Bonchev–Trinajstić information content (AvgIpc) is 3.06. The SMILES string of the molecule is CCCCCOC(=O)c1ccc(C=C(C)C=CC2=C(C)CCCC2(C)C)s1. The minimum Gasteiger partial charge on any atom is -0.462 e. The normalized spacial score (nSPS) is 17.6. The summed E-state index contributed by atoms with van der Waals surface area (Å²) in [5, 5.41) is 0. The van der Waals surface area contributed by atoms with Crippen LogP contribution in [-0.4, -0.2) is 12.6 Å². The first-order valence-electron chi connectivity index (χ1n) is 10.2. The van der Waals surface area contributed by atoms with Gasteiger partial charge >= 0.3 is 5.97 Å². The van der Waals surface area contributed by atoms with Gasteiger partial charge in [-0.25, -0.2) is 4.79 Å². The maximum atomic E-state index is 12.1. The van der Waals surface area contributed by atoms with Crippen molar-refractivity contribution in [2.45, 2.75) is 73.1 Å². The van der Waals surface area contributed by atoms with Crippen molar-refractivity contribution < 1.29 is 9.53 Å². The Balaban J connectivity index is 2.00. The highest BCUT2D eigenvalue weighted by Gasteiger charge is 2.26. The second-order valence-electron chi connectivity index (χ2n) is 8.20. The van der Waals surface area contributed by atoms with Crippen LogP contribution in [0, 0.1) is 5.41 Å². The zero-order chi connectivity index (χ0) is 19.9. The van der Waals surface area contributed by atoms with E-state index in [-0.39, 0.29) is 11.4 Å². The first-order chi connectivity index (χ1) is 12.8. The Bertz CT molecular complexity index is 731. The molecule has 0 unspecified atom stereocenters. The number of carbonyl (C=O) groups excluding carboxylic acids is 1. The van der Waals surface area contributed by atoms with Crippen molar-refractivity contribution in [1.82, 2.24) is 0 Å². The van der Waals surface area contributed by atoms with Crippen molar-refractivity contribution in [3.63, 3.8) is 0 Å². The van der Waals surface area contributed by atoms with Gasteiger partial charge in [-0.1, -0.05) is 51.3 Å². The van der Waals surface area contributed by atoms with E-state index in [2.05, 4.69) is 52.8 Å². The molecular weight excluding hydrogens is 352 g/mol. The molecule has 1 aromatic rings. The lowest BCUT2D eigenvalue weighted by Crippen LogP contribution is -2.19. The number of hydrogen-bond acceptors (Lipinski definition) is 3. The van der Waals surface area contributed by atoms with E-state index in [1.165, 1.54) is 47.3 Å². The van der Waals surface area contributed by atoms with Crippen LogP contribution in [0.5, 0.6) is 0 Å². The standard InChI is InChI=1S/C24H34O2S/c1-6-7-8-16-26-23(25)22-14-12-20(27-22)17-18(2)11-13-21-19(3)10-9-15-24(21,4)5/h11-14,17H,6-10,15-16H2,1-5H3. The average molecular weight is 387 g/mol. The molecule has 0 spiro atoms. The maximum Gasteiger partial charge on any atom is 0.348 e. The molecule has 0 amide bonds. The van der Waals surface area contributed by atoms with Crippen LogP contribution in [0.3, 0.4) is 0 Å². The van der Waals surface area contributed by atoms with Crippen molar-refractivity contribution in [3.05, 3.63) is 50.8 Å². The summed E-state index contributed by atoms with van der Waals surface area (Å²) < 4.78 is 5.34. The highest BCUT2D eigenvalue weighted by atomic mass is 32.1. The van der Waals surface area contributed by atoms with Gasteiger partial charge in [0.05, 0.1) is 6.61 Å². The fourth-order valence-electron chi connectivity index (χ4n) is 3.63. The van der Waals surface area contributed by atoms with Gasteiger partial charge < -0.3 is 4.74 Å². The van der Waals surface area contributed by atoms with Crippen molar-refractivity contribution in [2.75, 3.05) is 6.61 Å². The highest BCUT2D eigenvalue weighted by Crippen LogP contribution is 2.40. The third-order valence-corrected chi connectivity index (χ3v) is 6.25. The lowest BCUT2D eigenvalue weighted by atomic mass is 9.72. The minimum absolute atomic E-state index is 0.200. The van der Waals surface area contributed by atoms with Crippen LogP contribution in [0.1, 0.15) is 87.7 Å². The summed E-state index contributed by atoms with van der Waals surface area (Å²) in [7, 11) is 0. The fraction of sp³-hybridized carbons (Fsp3) is 0.542. The van der Waals surface area contributed by atoms with Gasteiger partial charge in [0.15, 0.2) is 0 Å². The molecule has 0 N–H and O–H groups in total. The molecule has 0 radical (unpaired) electrons. The molecule has 2 nitrogen and oxygen atoms in total. The van der Waals surface area contributed by atoms with Gasteiger partial charge in [-0.15, -0.1) is 11.3 Å². The number of allylic oxidation sites excluding steroid dienone is 5. The molecule has 0 atom stereocenters. The Labute approximate surface area is 169 Å². The molecule has 1 aromatic heterocycles. The summed E-state index contributed by atoms with van der Waals surface area (Å²) in [5.41, 5.74) is 4.45. The predicted molar refractivity (Wildman–Crippen MR) is 117 cm³/mol. The van der Waals surface area contributed by atoms with E-state index in [4.69, 9.17) is 4.74 Å². The van der Waals surface area contributed by atoms with E-state index < -0.39 is 0 Å². The smallest absolute Gasteiger partial charge is 0.348 e. The van der Waals surface area contributed by atoms with Crippen LogP contribution in [0.2, 0.25) is 0 Å². The Hall–Kier alpha value is -1.61. The fourth-order valence-corrected chi connectivity index (χ4v) is 4.54. The number of unbranched alkanes of at least 4 members (excludes halogenated alkanes) is 2. The van der Waals surface area contributed by atoms with Crippen LogP contribution in [-0.2, 0) is 4.74 Å². The molecule has 0 aromatic carbocycles. The molecular formula is C24H34O2S. The molecule has 2 rings (SSSR count). The molecule has 0 fully saturated rings. The van der Waals surface area contributed by atoms with E-state index in [1.807, 2.05) is 12.1 Å². The first-order valence-corrected chi connectivity index (χ1v) is 11.0.